The number of nitrogens with one attached hydrogen (secondary N) is 1. The second-order valence-corrected chi connectivity index (χ2v) is 6.07. The van der Waals surface area contributed by atoms with Gasteiger partial charge in [0.05, 0.1) is 5.56 Å². The van der Waals surface area contributed by atoms with Crippen molar-refractivity contribution in [2.45, 2.75) is 39.2 Å². The Labute approximate surface area is 130 Å². The number of ether oxygens (including phenoxy) is 1. The average Bonchev–Trinajstić information content (AvgIpc) is 2.49. The zero-order valence-electron chi connectivity index (χ0n) is 13.0. The van der Waals surface area contributed by atoms with Gasteiger partial charge in [-0.25, -0.2) is 4.79 Å². The largest absolute Gasteiger partial charge is 0.508 e. The van der Waals surface area contributed by atoms with Crippen molar-refractivity contribution in [3.63, 3.8) is 0 Å². The minimum atomic E-state index is -0.615. The number of hydrogen-bond donors (Lipinski definition) is 2. The first-order valence-electron chi connectivity index (χ1n) is 7.73. The van der Waals surface area contributed by atoms with Crippen LogP contribution < -0.4 is 5.32 Å². The fourth-order valence-corrected chi connectivity index (χ4v) is 2.88. The van der Waals surface area contributed by atoms with Crippen LogP contribution in [0.1, 0.15) is 43.5 Å². The minimum absolute atomic E-state index is 0.0103. The van der Waals surface area contributed by atoms with Crippen LogP contribution in [0.4, 0.5) is 0 Å². The first-order valence-corrected chi connectivity index (χ1v) is 7.73. The van der Waals surface area contributed by atoms with E-state index in [9.17, 15) is 14.7 Å². The molecule has 1 aromatic rings. The number of carbonyl (C=O) groups excluding carboxylic acids is 2. The first-order chi connectivity index (χ1) is 10.5. The van der Waals surface area contributed by atoms with Gasteiger partial charge in [0.15, 0.2) is 6.61 Å². The average molecular weight is 305 g/mol. The molecule has 0 bridgehead atoms. The van der Waals surface area contributed by atoms with Crippen molar-refractivity contribution in [3.8, 4) is 5.75 Å². The van der Waals surface area contributed by atoms with E-state index in [0.29, 0.717) is 11.8 Å². The third-order valence-electron chi connectivity index (χ3n) is 4.47. The molecule has 1 aliphatic carbocycles. The molecule has 0 aromatic heterocycles. The summed E-state index contributed by atoms with van der Waals surface area (Å²) in [6.45, 7) is 4.05. The lowest BCUT2D eigenvalue weighted by Gasteiger charge is -2.34. The Morgan fingerprint density at radius 1 is 1.32 bits per heavy atom. The Morgan fingerprint density at radius 2 is 2.09 bits per heavy atom. The van der Waals surface area contributed by atoms with Crippen LogP contribution in [-0.2, 0) is 9.53 Å². The third-order valence-corrected chi connectivity index (χ3v) is 4.47. The van der Waals surface area contributed by atoms with Gasteiger partial charge in [-0.15, -0.1) is 0 Å². The maximum absolute atomic E-state index is 11.9. The van der Waals surface area contributed by atoms with Crippen LogP contribution in [0.5, 0.6) is 5.75 Å². The van der Waals surface area contributed by atoms with E-state index >= 15 is 0 Å². The molecular weight excluding hydrogens is 282 g/mol. The molecule has 0 heterocycles. The number of phenols is 1. The van der Waals surface area contributed by atoms with Gasteiger partial charge in [0, 0.05) is 6.04 Å². The Balaban J connectivity index is 1.81. The van der Waals surface area contributed by atoms with Crippen LogP contribution in [0, 0.1) is 11.8 Å². The van der Waals surface area contributed by atoms with Crippen LogP contribution in [-0.4, -0.2) is 29.6 Å². The monoisotopic (exact) mass is 305 g/mol. The van der Waals surface area contributed by atoms with E-state index < -0.39 is 5.97 Å². The molecule has 0 spiro atoms. The molecule has 3 atom stereocenters. The summed E-state index contributed by atoms with van der Waals surface area (Å²) in [5, 5.41) is 12.3. The molecule has 22 heavy (non-hydrogen) atoms. The summed E-state index contributed by atoms with van der Waals surface area (Å²) in [5.74, 6) is 0.118. The SMILES string of the molecule is C[C@H]1[C@@H](NC(=O)COC(=O)c2cccc(O)c2)CCC[C@@H]1C. The maximum atomic E-state index is 11.9. The number of rotatable bonds is 4. The highest BCUT2D eigenvalue weighted by Crippen LogP contribution is 2.29. The number of phenolic OH excluding ortho intramolecular Hbond substituents is 1. The predicted molar refractivity (Wildman–Crippen MR) is 82.5 cm³/mol. The van der Waals surface area contributed by atoms with Crippen LogP contribution in [0.15, 0.2) is 24.3 Å². The van der Waals surface area contributed by atoms with Crippen molar-refractivity contribution in [2.24, 2.45) is 11.8 Å². The van der Waals surface area contributed by atoms with Crippen molar-refractivity contribution in [1.82, 2.24) is 5.32 Å². The molecule has 5 nitrogen and oxygen atoms in total. The molecule has 0 aliphatic heterocycles. The molecule has 120 valence electrons. The molecular formula is C17H23NO4. The third kappa shape index (κ3) is 4.23. The van der Waals surface area contributed by atoms with Gasteiger partial charge < -0.3 is 15.2 Å². The van der Waals surface area contributed by atoms with E-state index in [0.717, 1.165) is 12.8 Å². The Kier molecular flexibility index (Phi) is 5.41. The number of amides is 1. The fourth-order valence-electron chi connectivity index (χ4n) is 2.88. The van der Waals surface area contributed by atoms with Gasteiger partial charge in [0.2, 0.25) is 0 Å². The molecule has 2 N–H and O–H groups in total. The summed E-state index contributed by atoms with van der Waals surface area (Å²) in [6, 6.07) is 6.01. The second kappa shape index (κ2) is 7.29. The van der Waals surface area contributed by atoms with Gasteiger partial charge in [-0.1, -0.05) is 32.8 Å². The molecule has 1 aromatic carbocycles. The summed E-state index contributed by atoms with van der Waals surface area (Å²) in [7, 11) is 0. The Morgan fingerprint density at radius 3 is 2.82 bits per heavy atom. The highest BCUT2D eigenvalue weighted by atomic mass is 16.5. The molecule has 1 fully saturated rings. The quantitative estimate of drug-likeness (QED) is 0.838. The highest BCUT2D eigenvalue weighted by molar-refractivity contribution is 5.91. The molecule has 1 saturated carbocycles. The van der Waals surface area contributed by atoms with E-state index in [2.05, 4.69) is 19.2 Å². The van der Waals surface area contributed by atoms with Gasteiger partial charge in [-0.2, -0.15) is 0 Å². The molecule has 0 unspecified atom stereocenters. The lowest BCUT2D eigenvalue weighted by atomic mass is 9.78. The molecule has 1 aliphatic rings. The van der Waals surface area contributed by atoms with Gasteiger partial charge in [0.25, 0.3) is 5.91 Å². The predicted octanol–water partition coefficient (Wildman–Crippen LogP) is 2.49. The van der Waals surface area contributed by atoms with Crippen LogP contribution in [0.2, 0.25) is 0 Å². The molecule has 0 radical (unpaired) electrons. The molecule has 0 saturated heterocycles. The first kappa shape index (κ1) is 16.3. The number of carbonyl (C=O) groups is 2. The van der Waals surface area contributed by atoms with E-state index in [4.69, 9.17) is 4.74 Å². The Bertz CT molecular complexity index is 543. The van der Waals surface area contributed by atoms with E-state index in [1.54, 1.807) is 6.07 Å². The molecule has 1 amide bonds. The summed E-state index contributed by atoms with van der Waals surface area (Å²) in [5.41, 5.74) is 0.229. The molecule has 5 heteroatoms. The standard InChI is InChI=1S/C17H23NO4/c1-11-5-3-8-15(12(11)2)18-16(20)10-22-17(21)13-6-4-7-14(19)9-13/h4,6-7,9,11-12,15,19H,3,5,8,10H2,1-2H3,(H,18,20)/t11-,12+,15-/m0/s1. The van der Waals surface area contributed by atoms with E-state index in [1.807, 2.05) is 0 Å². The van der Waals surface area contributed by atoms with Gasteiger partial charge >= 0.3 is 5.97 Å². The summed E-state index contributed by atoms with van der Waals surface area (Å²) in [4.78, 5) is 23.7. The normalized spacial score (nSPS) is 24.5. The summed E-state index contributed by atoms with van der Waals surface area (Å²) in [6.07, 6.45) is 3.28. The maximum Gasteiger partial charge on any atom is 0.338 e. The van der Waals surface area contributed by atoms with E-state index in [-0.39, 0.29) is 29.9 Å². The lowest BCUT2D eigenvalue weighted by molar-refractivity contribution is -0.125. The number of hydrogen-bond acceptors (Lipinski definition) is 4. The van der Waals surface area contributed by atoms with Crippen molar-refractivity contribution in [3.05, 3.63) is 29.8 Å². The highest BCUT2D eigenvalue weighted by Gasteiger charge is 2.28. The lowest BCUT2D eigenvalue weighted by Crippen LogP contribution is -2.45. The zero-order chi connectivity index (χ0) is 16.1. The van der Waals surface area contributed by atoms with Crippen LogP contribution in [0.25, 0.3) is 0 Å². The fraction of sp³-hybridized carbons (Fsp3) is 0.529. The topological polar surface area (TPSA) is 75.6 Å². The van der Waals surface area contributed by atoms with E-state index in [1.165, 1.54) is 24.6 Å². The van der Waals surface area contributed by atoms with Crippen molar-refractivity contribution in [2.75, 3.05) is 6.61 Å². The van der Waals surface area contributed by atoms with Crippen LogP contribution in [0.3, 0.4) is 0 Å². The Hall–Kier alpha value is -2.04. The van der Waals surface area contributed by atoms with Gasteiger partial charge in [-0.3, -0.25) is 4.79 Å². The number of esters is 1. The van der Waals surface area contributed by atoms with Crippen molar-refractivity contribution < 1.29 is 19.4 Å². The smallest absolute Gasteiger partial charge is 0.338 e. The van der Waals surface area contributed by atoms with Crippen molar-refractivity contribution >= 4 is 11.9 Å². The molecule has 2 rings (SSSR count). The summed E-state index contributed by atoms with van der Waals surface area (Å²) < 4.78 is 4.99. The number of aromatic hydroxyl groups is 1. The zero-order valence-corrected chi connectivity index (χ0v) is 13.0. The van der Waals surface area contributed by atoms with Gasteiger partial charge in [0.1, 0.15) is 5.75 Å². The minimum Gasteiger partial charge on any atom is -0.508 e. The second-order valence-electron chi connectivity index (χ2n) is 6.07. The number of benzene rings is 1. The summed E-state index contributed by atoms with van der Waals surface area (Å²) >= 11 is 0. The van der Waals surface area contributed by atoms with Crippen LogP contribution >= 0.6 is 0 Å². The van der Waals surface area contributed by atoms with Crippen molar-refractivity contribution in [1.29, 1.82) is 0 Å². The van der Waals surface area contributed by atoms with Gasteiger partial charge in [-0.05, 0) is 36.5 Å².